The van der Waals surface area contributed by atoms with Crippen LogP contribution in [0.1, 0.15) is 40.0 Å². The van der Waals surface area contributed by atoms with E-state index in [2.05, 4.69) is 31.0 Å². The van der Waals surface area contributed by atoms with E-state index in [1.807, 2.05) is 0 Å². The van der Waals surface area contributed by atoms with Crippen molar-refractivity contribution in [2.24, 2.45) is 5.92 Å². The number of nitrogens with one attached hydrogen (secondary N) is 1. The molecule has 0 aliphatic carbocycles. The van der Waals surface area contributed by atoms with E-state index in [1.54, 1.807) is 0 Å². The molecule has 1 aliphatic heterocycles. The molecule has 1 aliphatic rings. The summed E-state index contributed by atoms with van der Waals surface area (Å²) in [6.45, 7) is 8.74. The molecule has 1 atom stereocenters. The number of hydrogen-bond acceptors (Lipinski definition) is 1. The Bertz CT molecular complexity index is 192. The van der Waals surface area contributed by atoms with Crippen LogP contribution in [0.15, 0.2) is 0 Å². The van der Waals surface area contributed by atoms with Gasteiger partial charge in [0.05, 0.1) is 0 Å². The van der Waals surface area contributed by atoms with Gasteiger partial charge in [-0.3, -0.25) is 0 Å². The van der Waals surface area contributed by atoms with Crippen LogP contribution in [0.25, 0.3) is 0 Å². The molecule has 1 saturated heterocycles. The summed E-state index contributed by atoms with van der Waals surface area (Å²) in [7, 11) is 0. The van der Waals surface area contributed by atoms with Crippen LogP contribution in [0.5, 0.6) is 0 Å². The van der Waals surface area contributed by atoms with Crippen molar-refractivity contribution in [3.05, 3.63) is 0 Å². The summed E-state index contributed by atoms with van der Waals surface area (Å²) in [5.74, 6) is 0.701. The molecule has 82 valence electrons. The Labute approximate surface area is 93.1 Å². The summed E-state index contributed by atoms with van der Waals surface area (Å²) < 4.78 is 0. The first-order chi connectivity index (χ1) is 6.66. The molecule has 1 N–H and O–H groups in total. The zero-order valence-corrected chi connectivity index (χ0v) is 10.4. The largest absolute Gasteiger partial charge is 0.363 e. The molecule has 1 heterocycles. The maximum absolute atomic E-state index is 5.38. The summed E-state index contributed by atoms with van der Waals surface area (Å²) >= 11 is 5.38. The highest BCUT2D eigenvalue weighted by molar-refractivity contribution is 7.80. The number of piperidine rings is 1. The highest BCUT2D eigenvalue weighted by Gasteiger charge is 2.26. The molecule has 0 amide bonds. The van der Waals surface area contributed by atoms with Gasteiger partial charge in [0.25, 0.3) is 0 Å². The fourth-order valence-electron chi connectivity index (χ4n) is 2.16. The van der Waals surface area contributed by atoms with Gasteiger partial charge >= 0.3 is 0 Å². The fourth-order valence-corrected chi connectivity index (χ4v) is 2.53. The van der Waals surface area contributed by atoms with Gasteiger partial charge in [0.1, 0.15) is 0 Å². The van der Waals surface area contributed by atoms with E-state index in [1.165, 1.54) is 19.3 Å². The van der Waals surface area contributed by atoms with Crippen LogP contribution in [0.2, 0.25) is 0 Å². The normalized spacial score (nSPS) is 22.6. The van der Waals surface area contributed by atoms with Crippen molar-refractivity contribution >= 4 is 17.3 Å². The number of thiocarbonyl (C=S) groups is 1. The van der Waals surface area contributed by atoms with Gasteiger partial charge in [0, 0.05) is 19.1 Å². The van der Waals surface area contributed by atoms with E-state index in [0.717, 1.165) is 18.2 Å². The van der Waals surface area contributed by atoms with E-state index >= 15 is 0 Å². The molecule has 0 spiro atoms. The minimum Gasteiger partial charge on any atom is -0.363 e. The monoisotopic (exact) mass is 214 g/mol. The van der Waals surface area contributed by atoms with Crippen molar-refractivity contribution in [2.75, 3.05) is 13.1 Å². The predicted octanol–water partition coefficient (Wildman–Crippen LogP) is 2.39. The lowest BCUT2D eigenvalue weighted by atomic mass is 9.93. The molecule has 1 unspecified atom stereocenters. The van der Waals surface area contributed by atoms with Gasteiger partial charge in [0.2, 0.25) is 0 Å². The van der Waals surface area contributed by atoms with E-state index in [-0.39, 0.29) is 0 Å². The Morgan fingerprint density at radius 3 is 2.79 bits per heavy atom. The fraction of sp³-hybridized carbons (Fsp3) is 0.909. The average Bonchev–Trinajstić information content (AvgIpc) is 2.18. The predicted molar refractivity (Wildman–Crippen MR) is 65.5 cm³/mol. The third kappa shape index (κ3) is 2.84. The van der Waals surface area contributed by atoms with Crippen LogP contribution in [0.4, 0.5) is 0 Å². The van der Waals surface area contributed by atoms with Crippen molar-refractivity contribution < 1.29 is 0 Å². The minimum absolute atomic E-state index is 0.648. The molecule has 0 aromatic rings. The molecule has 2 nitrogen and oxygen atoms in total. The van der Waals surface area contributed by atoms with Gasteiger partial charge in [0.15, 0.2) is 5.11 Å². The van der Waals surface area contributed by atoms with E-state index in [4.69, 9.17) is 12.2 Å². The zero-order valence-electron chi connectivity index (χ0n) is 9.55. The van der Waals surface area contributed by atoms with E-state index < -0.39 is 0 Å². The smallest absolute Gasteiger partial charge is 0.169 e. The van der Waals surface area contributed by atoms with Crippen LogP contribution in [-0.2, 0) is 0 Å². The highest BCUT2D eigenvalue weighted by atomic mass is 32.1. The van der Waals surface area contributed by atoms with E-state index in [9.17, 15) is 0 Å². The van der Waals surface area contributed by atoms with Crippen molar-refractivity contribution in [2.45, 2.75) is 46.1 Å². The lowest BCUT2D eigenvalue weighted by Gasteiger charge is -2.40. The lowest BCUT2D eigenvalue weighted by molar-refractivity contribution is 0.190. The van der Waals surface area contributed by atoms with Gasteiger partial charge in [-0.25, -0.2) is 0 Å². The van der Waals surface area contributed by atoms with E-state index in [0.29, 0.717) is 12.0 Å². The molecular formula is C11H22N2S. The van der Waals surface area contributed by atoms with Crippen LogP contribution in [0, 0.1) is 5.92 Å². The second-order valence-electron chi connectivity index (χ2n) is 4.34. The standard InChI is InChI=1S/C11H22N2S/c1-4-12-11(14)13-8-6-5-7-10(13)9(2)3/h9-10H,4-8H2,1-3H3,(H,12,14). The maximum Gasteiger partial charge on any atom is 0.169 e. The first kappa shape index (κ1) is 11.8. The van der Waals surface area contributed by atoms with Crippen molar-refractivity contribution in [3.63, 3.8) is 0 Å². The lowest BCUT2D eigenvalue weighted by Crippen LogP contribution is -2.50. The SMILES string of the molecule is CCNC(=S)N1CCCCC1C(C)C. The Kier molecular flexibility index (Phi) is 4.66. The Morgan fingerprint density at radius 2 is 2.21 bits per heavy atom. The minimum atomic E-state index is 0.648. The quantitative estimate of drug-likeness (QED) is 0.711. The molecule has 0 aromatic carbocycles. The van der Waals surface area contributed by atoms with Gasteiger partial charge in [-0.15, -0.1) is 0 Å². The molecule has 0 saturated carbocycles. The molecule has 0 aromatic heterocycles. The third-order valence-electron chi connectivity index (χ3n) is 2.91. The highest BCUT2D eigenvalue weighted by Crippen LogP contribution is 2.22. The summed E-state index contributed by atoms with van der Waals surface area (Å²) in [5, 5.41) is 4.21. The third-order valence-corrected chi connectivity index (χ3v) is 3.29. The summed E-state index contributed by atoms with van der Waals surface area (Å²) in [6, 6.07) is 0.648. The zero-order chi connectivity index (χ0) is 10.6. The second kappa shape index (κ2) is 5.54. The van der Waals surface area contributed by atoms with Gasteiger partial charge in [-0.2, -0.15) is 0 Å². The molecule has 3 heteroatoms. The van der Waals surface area contributed by atoms with Crippen LogP contribution in [-0.4, -0.2) is 29.1 Å². The van der Waals surface area contributed by atoms with Gasteiger partial charge < -0.3 is 10.2 Å². The van der Waals surface area contributed by atoms with Crippen LogP contribution in [0.3, 0.4) is 0 Å². The van der Waals surface area contributed by atoms with Crippen LogP contribution >= 0.6 is 12.2 Å². The van der Waals surface area contributed by atoms with Crippen molar-refractivity contribution in [1.29, 1.82) is 0 Å². The number of hydrogen-bond donors (Lipinski definition) is 1. The molecule has 0 radical (unpaired) electrons. The summed E-state index contributed by atoms with van der Waals surface area (Å²) in [4.78, 5) is 2.38. The topological polar surface area (TPSA) is 15.3 Å². The first-order valence-electron chi connectivity index (χ1n) is 5.71. The number of likely N-dealkylation sites (tertiary alicyclic amines) is 1. The first-order valence-corrected chi connectivity index (χ1v) is 6.12. The molecule has 1 fully saturated rings. The van der Waals surface area contributed by atoms with Crippen LogP contribution < -0.4 is 5.32 Å². The Balaban J connectivity index is 2.57. The summed E-state index contributed by atoms with van der Waals surface area (Å²) in [5.41, 5.74) is 0. The molecular weight excluding hydrogens is 192 g/mol. The second-order valence-corrected chi connectivity index (χ2v) is 4.72. The molecule has 14 heavy (non-hydrogen) atoms. The average molecular weight is 214 g/mol. The molecule has 1 rings (SSSR count). The number of rotatable bonds is 2. The Hall–Kier alpha value is -0.310. The number of nitrogens with zero attached hydrogens (tertiary/aromatic N) is 1. The van der Waals surface area contributed by atoms with Gasteiger partial charge in [-0.05, 0) is 44.3 Å². The molecule has 0 bridgehead atoms. The summed E-state index contributed by atoms with van der Waals surface area (Å²) in [6.07, 6.45) is 3.94. The van der Waals surface area contributed by atoms with Crippen molar-refractivity contribution in [1.82, 2.24) is 10.2 Å². The van der Waals surface area contributed by atoms with Crippen molar-refractivity contribution in [3.8, 4) is 0 Å². The van der Waals surface area contributed by atoms with Gasteiger partial charge in [-0.1, -0.05) is 13.8 Å². The maximum atomic E-state index is 5.38. The Morgan fingerprint density at radius 1 is 1.50 bits per heavy atom.